The van der Waals surface area contributed by atoms with Gasteiger partial charge < -0.3 is 19.3 Å². The molecule has 0 fully saturated rings. The van der Waals surface area contributed by atoms with Gasteiger partial charge in [0.25, 0.3) is 0 Å². The largest absolute Gasteiger partial charge is 0.395 e. The second-order valence-electron chi connectivity index (χ2n) is 3.70. The number of methoxy groups -OCH3 is 1. The molecule has 1 rings (SSSR count). The molecule has 0 aromatic carbocycles. The fraction of sp³-hybridized carbons (Fsp3) is 0.571. The van der Waals surface area contributed by atoms with Crippen molar-refractivity contribution in [3.05, 3.63) is 21.9 Å². The van der Waals surface area contributed by atoms with Crippen molar-refractivity contribution in [1.82, 2.24) is 0 Å². The first-order valence-corrected chi connectivity index (χ1v) is 7.01. The molecule has 0 spiro atoms. The molecule has 4 nitrogen and oxygen atoms in total. The summed E-state index contributed by atoms with van der Waals surface area (Å²) in [5, 5.41) is 8.63. The van der Waals surface area contributed by atoms with Gasteiger partial charge in [0.2, 0.25) is 0 Å². The molecule has 0 atom stereocenters. The summed E-state index contributed by atoms with van der Waals surface area (Å²) in [6, 6.07) is 3.99. The summed E-state index contributed by atoms with van der Waals surface area (Å²) in [5.74, 6) is 5.90. The number of rotatable bonds is 9. The predicted molar refractivity (Wildman–Crippen MR) is 75.3 cm³/mol. The first kappa shape index (κ1) is 16.2. The molecule has 19 heavy (non-hydrogen) atoms. The van der Waals surface area contributed by atoms with Crippen LogP contribution in [0.4, 0.5) is 0 Å². The summed E-state index contributed by atoms with van der Waals surface area (Å²) in [6.07, 6.45) is 0.516. The summed E-state index contributed by atoms with van der Waals surface area (Å²) in [7, 11) is 1.65. The lowest BCUT2D eigenvalue weighted by molar-refractivity contribution is 0.0205. The van der Waals surface area contributed by atoms with E-state index in [1.54, 1.807) is 18.4 Å². The van der Waals surface area contributed by atoms with Crippen LogP contribution in [0.3, 0.4) is 0 Å². The van der Waals surface area contributed by atoms with Gasteiger partial charge in [-0.3, -0.25) is 0 Å². The minimum atomic E-state index is 0.109. The molecule has 0 bridgehead atoms. The maximum absolute atomic E-state index is 8.63. The van der Waals surface area contributed by atoms with Crippen molar-refractivity contribution in [2.24, 2.45) is 0 Å². The molecule has 106 valence electrons. The molecule has 0 aliphatic rings. The molecule has 1 N–H and O–H groups in total. The van der Waals surface area contributed by atoms with Gasteiger partial charge in [0.1, 0.15) is 0 Å². The zero-order valence-electron chi connectivity index (χ0n) is 11.2. The second kappa shape index (κ2) is 11.0. The number of hydrogen-bond acceptors (Lipinski definition) is 5. The van der Waals surface area contributed by atoms with E-state index in [0.29, 0.717) is 39.5 Å². The van der Waals surface area contributed by atoms with E-state index in [4.69, 9.17) is 19.3 Å². The second-order valence-corrected chi connectivity index (χ2v) is 4.87. The van der Waals surface area contributed by atoms with Crippen molar-refractivity contribution in [1.29, 1.82) is 0 Å². The van der Waals surface area contributed by atoms with E-state index in [1.807, 2.05) is 12.1 Å². The lowest BCUT2D eigenvalue weighted by Gasteiger charge is -2.04. The predicted octanol–water partition coefficient (Wildman–Crippen LogP) is 1.66. The van der Waals surface area contributed by atoms with E-state index in [-0.39, 0.29) is 6.61 Å². The summed E-state index contributed by atoms with van der Waals surface area (Å²) in [5.41, 5.74) is 0. The topological polar surface area (TPSA) is 47.9 Å². The van der Waals surface area contributed by atoms with Gasteiger partial charge in [-0.25, -0.2) is 0 Å². The van der Waals surface area contributed by atoms with E-state index >= 15 is 0 Å². The molecule has 0 unspecified atom stereocenters. The number of aliphatic hydroxyl groups is 1. The zero-order chi connectivity index (χ0) is 13.8. The van der Waals surface area contributed by atoms with Crippen LogP contribution in [0.5, 0.6) is 0 Å². The monoisotopic (exact) mass is 284 g/mol. The Hall–Kier alpha value is -0.900. The summed E-state index contributed by atoms with van der Waals surface area (Å²) < 4.78 is 15.7. The molecule has 1 aromatic rings. The van der Waals surface area contributed by atoms with E-state index in [0.717, 1.165) is 9.75 Å². The molecular weight excluding hydrogens is 264 g/mol. The average Bonchev–Trinajstić information content (AvgIpc) is 2.86. The summed E-state index contributed by atoms with van der Waals surface area (Å²) in [6.45, 7) is 3.06. The van der Waals surface area contributed by atoms with Crippen LogP contribution in [0.2, 0.25) is 0 Å². The molecule has 0 saturated carbocycles. The Bertz CT molecular complexity index is 392. The Balaban J connectivity index is 2.11. The third-order valence-corrected chi connectivity index (χ3v) is 3.13. The Labute approximate surface area is 118 Å². The van der Waals surface area contributed by atoms with Gasteiger partial charge in [-0.2, -0.15) is 0 Å². The summed E-state index contributed by atoms with van der Waals surface area (Å²) in [4.78, 5) is 2.15. The lowest BCUT2D eigenvalue weighted by Crippen LogP contribution is -2.07. The van der Waals surface area contributed by atoms with Crippen LogP contribution in [-0.4, -0.2) is 45.3 Å². The van der Waals surface area contributed by atoms with Crippen molar-refractivity contribution in [3.8, 4) is 11.8 Å². The van der Waals surface area contributed by atoms with Gasteiger partial charge in [0.15, 0.2) is 0 Å². The van der Waals surface area contributed by atoms with Crippen LogP contribution in [-0.2, 0) is 20.8 Å². The maximum atomic E-state index is 8.63. The van der Waals surface area contributed by atoms with Gasteiger partial charge >= 0.3 is 0 Å². The van der Waals surface area contributed by atoms with Gasteiger partial charge in [-0.05, 0) is 12.1 Å². The van der Waals surface area contributed by atoms with Gasteiger partial charge in [0.05, 0.1) is 44.5 Å². The number of aliphatic hydroxyl groups excluding tert-OH is 1. The Morgan fingerprint density at radius 3 is 2.74 bits per heavy atom. The highest BCUT2D eigenvalue weighted by molar-refractivity contribution is 7.12. The molecular formula is C14H20O4S. The van der Waals surface area contributed by atoms with Gasteiger partial charge in [-0.15, -0.1) is 11.3 Å². The van der Waals surface area contributed by atoms with Crippen molar-refractivity contribution in [2.45, 2.75) is 13.0 Å². The Morgan fingerprint density at radius 2 is 1.95 bits per heavy atom. The van der Waals surface area contributed by atoms with Crippen LogP contribution in [0.1, 0.15) is 16.2 Å². The third kappa shape index (κ3) is 7.98. The highest BCUT2D eigenvalue weighted by Crippen LogP contribution is 2.16. The van der Waals surface area contributed by atoms with Crippen LogP contribution in [0, 0.1) is 11.8 Å². The Kier molecular flexibility index (Phi) is 9.33. The molecule has 0 aliphatic carbocycles. The smallest absolute Gasteiger partial charge is 0.0810 e. The fourth-order valence-corrected chi connectivity index (χ4v) is 2.08. The minimum absolute atomic E-state index is 0.109. The maximum Gasteiger partial charge on any atom is 0.0810 e. The highest BCUT2D eigenvalue weighted by Gasteiger charge is 1.98. The van der Waals surface area contributed by atoms with E-state index in [9.17, 15) is 0 Å². The molecule has 1 heterocycles. The van der Waals surface area contributed by atoms with Crippen molar-refractivity contribution in [3.63, 3.8) is 0 Å². The molecule has 1 aromatic heterocycles. The molecule has 0 saturated heterocycles. The van der Waals surface area contributed by atoms with Crippen molar-refractivity contribution in [2.75, 3.05) is 40.1 Å². The molecule has 0 aliphatic heterocycles. The molecule has 0 amide bonds. The fourth-order valence-electron chi connectivity index (χ4n) is 1.26. The Morgan fingerprint density at radius 1 is 1.16 bits per heavy atom. The van der Waals surface area contributed by atoms with Gasteiger partial charge in [-0.1, -0.05) is 11.8 Å². The highest BCUT2D eigenvalue weighted by atomic mass is 32.1. The van der Waals surface area contributed by atoms with Crippen LogP contribution >= 0.6 is 11.3 Å². The first-order chi connectivity index (χ1) is 9.36. The van der Waals surface area contributed by atoms with E-state index < -0.39 is 0 Å². The minimum Gasteiger partial charge on any atom is -0.395 e. The first-order valence-electron chi connectivity index (χ1n) is 6.19. The standard InChI is InChI=1S/C14H20O4S/c1-16-8-9-17-10-11-18-12-14-6-5-13(19-14)4-2-3-7-15/h5-6,15H,3,7-12H2,1H3. The third-order valence-electron chi connectivity index (χ3n) is 2.16. The number of hydrogen-bond donors (Lipinski definition) is 1. The molecule has 5 heteroatoms. The normalized spacial score (nSPS) is 10.2. The quantitative estimate of drug-likeness (QED) is 0.553. The zero-order valence-corrected chi connectivity index (χ0v) is 12.0. The number of thiophene rings is 1. The van der Waals surface area contributed by atoms with E-state index in [2.05, 4.69) is 11.8 Å². The SMILES string of the molecule is COCCOCCOCc1ccc(C#CCCO)s1. The lowest BCUT2D eigenvalue weighted by atomic mass is 10.4. The summed E-state index contributed by atoms with van der Waals surface area (Å²) >= 11 is 1.61. The van der Waals surface area contributed by atoms with Crippen molar-refractivity contribution < 1.29 is 19.3 Å². The molecule has 0 radical (unpaired) electrons. The van der Waals surface area contributed by atoms with Gasteiger partial charge in [0, 0.05) is 18.4 Å². The van der Waals surface area contributed by atoms with Crippen LogP contribution in [0.15, 0.2) is 12.1 Å². The average molecular weight is 284 g/mol. The van der Waals surface area contributed by atoms with Crippen molar-refractivity contribution >= 4 is 11.3 Å². The van der Waals surface area contributed by atoms with Crippen LogP contribution in [0.25, 0.3) is 0 Å². The van der Waals surface area contributed by atoms with E-state index in [1.165, 1.54) is 0 Å². The van der Waals surface area contributed by atoms with Crippen LogP contribution < -0.4 is 0 Å². The number of ether oxygens (including phenoxy) is 3.